The first kappa shape index (κ1) is 15.9. The second-order valence-electron chi connectivity index (χ2n) is 5.03. The Hall–Kier alpha value is -1.46. The molecular weight excluding hydrogens is 298 g/mol. The average Bonchev–Trinajstić information content (AvgIpc) is 2.70. The van der Waals surface area contributed by atoms with Gasteiger partial charge >= 0.3 is 0 Å². The van der Waals surface area contributed by atoms with Gasteiger partial charge < -0.3 is 5.11 Å². The van der Waals surface area contributed by atoms with Crippen molar-refractivity contribution in [2.75, 3.05) is 0 Å². The number of benzene rings is 1. The zero-order valence-electron chi connectivity index (χ0n) is 12.1. The van der Waals surface area contributed by atoms with Crippen LogP contribution in [0.4, 0.5) is 8.78 Å². The van der Waals surface area contributed by atoms with Crippen LogP contribution in [0.2, 0.25) is 5.02 Å². The van der Waals surface area contributed by atoms with Crippen molar-refractivity contribution in [1.29, 1.82) is 0 Å². The van der Waals surface area contributed by atoms with E-state index in [0.29, 0.717) is 17.1 Å². The Morgan fingerprint density at radius 3 is 2.57 bits per heavy atom. The molecule has 0 saturated heterocycles. The summed E-state index contributed by atoms with van der Waals surface area (Å²) < 4.78 is 28.7. The van der Waals surface area contributed by atoms with Crippen LogP contribution >= 0.6 is 11.6 Å². The molecule has 6 heteroatoms. The molecule has 0 bridgehead atoms. The number of nitrogens with zero attached hydrogens (tertiary/aromatic N) is 2. The van der Waals surface area contributed by atoms with Gasteiger partial charge in [0.2, 0.25) is 0 Å². The SMILES string of the molecule is CCc1nn(C)c(CC(O)c2cc(C)c(F)cc2F)c1Cl. The average molecular weight is 315 g/mol. The van der Waals surface area contributed by atoms with Crippen LogP contribution in [0.3, 0.4) is 0 Å². The monoisotopic (exact) mass is 314 g/mol. The van der Waals surface area contributed by atoms with Crippen molar-refractivity contribution in [1.82, 2.24) is 9.78 Å². The Morgan fingerprint density at radius 2 is 2.00 bits per heavy atom. The standard InChI is InChI=1S/C15H17ClF2N2O/c1-4-12-15(16)13(20(3)19-12)7-14(21)9-5-8(2)10(17)6-11(9)18/h5-6,14,21H,4,7H2,1-3H3. The highest BCUT2D eigenvalue weighted by molar-refractivity contribution is 6.31. The number of aliphatic hydroxyl groups excluding tert-OH is 1. The van der Waals surface area contributed by atoms with Gasteiger partial charge in [0.15, 0.2) is 0 Å². The summed E-state index contributed by atoms with van der Waals surface area (Å²) in [5.41, 5.74) is 1.71. The van der Waals surface area contributed by atoms with Crippen molar-refractivity contribution in [3.63, 3.8) is 0 Å². The van der Waals surface area contributed by atoms with Gasteiger partial charge in [0.05, 0.1) is 22.5 Å². The zero-order chi connectivity index (χ0) is 15.7. The largest absolute Gasteiger partial charge is 0.388 e. The minimum atomic E-state index is -1.11. The third-order valence-electron chi connectivity index (χ3n) is 3.53. The number of aryl methyl sites for hydroxylation is 3. The van der Waals surface area contributed by atoms with Crippen molar-refractivity contribution in [3.8, 4) is 0 Å². The summed E-state index contributed by atoms with van der Waals surface area (Å²) in [6.45, 7) is 3.45. The maximum absolute atomic E-state index is 13.8. The van der Waals surface area contributed by atoms with E-state index < -0.39 is 17.7 Å². The van der Waals surface area contributed by atoms with E-state index in [4.69, 9.17) is 11.6 Å². The predicted octanol–water partition coefficient (Wildman–Crippen LogP) is 3.50. The number of hydrogen-bond donors (Lipinski definition) is 1. The molecule has 0 saturated carbocycles. The quantitative estimate of drug-likeness (QED) is 0.938. The van der Waals surface area contributed by atoms with E-state index >= 15 is 0 Å². The fourth-order valence-electron chi connectivity index (χ4n) is 2.27. The molecule has 0 fully saturated rings. The maximum Gasteiger partial charge on any atom is 0.131 e. The predicted molar refractivity (Wildman–Crippen MR) is 77.4 cm³/mol. The number of aromatic nitrogens is 2. The van der Waals surface area contributed by atoms with Gasteiger partial charge in [0.1, 0.15) is 11.6 Å². The lowest BCUT2D eigenvalue weighted by Crippen LogP contribution is -2.09. The number of hydrogen-bond acceptors (Lipinski definition) is 2. The van der Waals surface area contributed by atoms with Crippen LogP contribution in [0.1, 0.15) is 35.5 Å². The van der Waals surface area contributed by atoms with Crippen LogP contribution in [0.5, 0.6) is 0 Å². The lowest BCUT2D eigenvalue weighted by molar-refractivity contribution is 0.171. The molecule has 0 aliphatic heterocycles. The Kier molecular flexibility index (Phi) is 4.64. The molecule has 1 unspecified atom stereocenters. The van der Waals surface area contributed by atoms with E-state index in [1.165, 1.54) is 13.0 Å². The highest BCUT2D eigenvalue weighted by atomic mass is 35.5. The molecule has 1 atom stereocenters. The van der Waals surface area contributed by atoms with Gasteiger partial charge in [-0.2, -0.15) is 5.10 Å². The highest BCUT2D eigenvalue weighted by Gasteiger charge is 2.20. The number of rotatable bonds is 4. The topological polar surface area (TPSA) is 38.0 Å². The number of aliphatic hydroxyl groups is 1. The van der Waals surface area contributed by atoms with Crippen molar-refractivity contribution in [3.05, 3.63) is 51.3 Å². The summed E-state index contributed by atoms with van der Waals surface area (Å²) in [7, 11) is 1.72. The van der Waals surface area contributed by atoms with Crippen LogP contribution in [-0.2, 0) is 19.9 Å². The lowest BCUT2D eigenvalue weighted by Gasteiger charge is -2.13. The first-order chi connectivity index (χ1) is 9.85. The third-order valence-corrected chi connectivity index (χ3v) is 3.96. The molecular formula is C15H17ClF2N2O. The Morgan fingerprint density at radius 1 is 1.33 bits per heavy atom. The summed E-state index contributed by atoms with van der Waals surface area (Å²) in [6.07, 6.45) is -0.321. The molecule has 114 valence electrons. The molecule has 0 aliphatic carbocycles. The smallest absolute Gasteiger partial charge is 0.131 e. The molecule has 2 rings (SSSR count). The molecule has 1 aromatic heterocycles. The Bertz CT molecular complexity index is 670. The fourth-order valence-corrected chi connectivity index (χ4v) is 2.64. The molecule has 0 amide bonds. The minimum absolute atomic E-state index is 0.0595. The molecule has 2 aromatic rings. The Labute approximate surface area is 127 Å². The van der Waals surface area contributed by atoms with E-state index in [9.17, 15) is 13.9 Å². The van der Waals surface area contributed by atoms with Crippen LogP contribution in [0, 0.1) is 18.6 Å². The van der Waals surface area contributed by atoms with Crippen molar-refractivity contribution in [2.24, 2.45) is 7.05 Å². The maximum atomic E-state index is 13.8. The molecule has 0 spiro atoms. The van der Waals surface area contributed by atoms with E-state index in [1.54, 1.807) is 11.7 Å². The molecule has 1 aromatic carbocycles. The van der Waals surface area contributed by atoms with Crippen LogP contribution in [0.15, 0.2) is 12.1 Å². The van der Waals surface area contributed by atoms with E-state index in [1.807, 2.05) is 6.92 Å². The first-order valence-electron chi connectivity index (χ1n) is 6.69. The van der Waals surface area contributed by atoms with Crippen molar-refractivity contribution >= 4 is 11.6 Å². The zero-order valence-corrected chi connectivity index (χ0v) is 12.9. The third kappa shape index (κ3) is 3.09. The normalized spacial score (nSPS) is 12.7. The summed E-state index contributed by atoms with van der Waals surface area (Å²) in [4.78, 5) is 0. The highest BCUT2D eigenvalue weighted by Crippen LogP contribution is 2.28. The van der Waals surface area contributed by atoms with Crippen LogP contribution in [0.25, 0.3) is 0 Å². The first-order valence-corrected chi connectivity index (χ1v) is 7.06. The molecule has 1 N–H and O–H groups in total. The summed E-state index contributed by atoms with van der Waals surface area (Å²) >= 11 is 6.21. The van der Waals surface area contributed by atoms with Gasteiger partial charge in [-0.15, -0.1) is 0 Å². The molecule has 21 heavy (non-hydrogen) atoms. The van der Waals surface area contributed by atoms with Crippen molar-refractivity contribution < 1.29 is 13.9 Å². The molecule has 1 heterocycles. The Balaban J connectivity index is 2.32. The van der Waals surface area contributed by atoms with Gasteiger partial charge in [-0.1, -0.05) is 18.5 Å². The number of halogens is 3. The van der Waals surface area contributed by atoms with Gasteiger partial charge in [-0.3, -0.25) is 4.68 Å². The van der Waals surface area contributed by atoms with E-state index in [0.717, 1.165) is 11.8 Å². The lowest BCUT2D eigenvalue weighted by atomic mass is 10.0. The van der Waals surface area contributed by atoms with Crippen molar-refractivity contribution in [2.45, 2.75) is 32.8 Å². The van der Waals surface area contributed by atoms with Gasteiger partial charge in [-0.25, -0.2) is 8.78 Å². The minimum Gasteiger partial charge on any atom is -0.388 e. The van der Waals surface area contributed by atoms with E-state index in [2.05, 4.69) is 5.10 Å². The second kappa shape index (κ2) is 6.12. The van der Waals surface area contributed by atoms with Gasteiger partial charge in [0, 0.05) is 25.1 Å². The summed E-state index contributed by atoms with van der Waals surface area (Å²) in [5, 5.41) is 15.0. The fraction of sp³-hybridized carbons (Fsp3) is 0.400. The molecule has 0 aliphatic rings. The summed E-state index contributed by atoms with van der Waals surface area (Å²) in [5.74, 6) is -1.39. The summed E-state index contributed by atoms with van der Waals surface area (Å²) in [6, 6.07) is 2.11. The van der Waals surface area contributed by atoms with Gasteiger partial charge in [0.25, 0.3) is 0 Å². The van der Waals surface area contributed by atoms with Crippen LogP contribution < -0.4 is 0 Å². The molecule has 0 radical (unpaired) electrons. The van der Waals surface area contributed by atoms with Crippen LogP contribution in [-0.4, -0.2) is 14.9 Å². The molecule has 3 nitrogen and oxygen atoms in total. The van der Waals surface area contributed by atoms with Gasteiger partial charge in [-0.05, 0) is 25.0 Å². The second-order valence-corrected chi connectivity index (χ2v) is 5.41. The van der Waals surface area contributed by atoms with E-state index in [-0.39, 0.29) is 17.5 Å².